The minimum absolute atomic E-state index is 0.0861. The van der Waals surface area contributed by atoms with Gasteiger partial charge in [-0.2, -0.15) is 0 Å². The topological polar surface area (TPSA) is 137 Å². The van der Waals surface area contributed by atoms with E-state index in [0.717, 1.165) is 86.6 Å². The zero-order chi connectivity index (χ0) is 43.9. The summed E-state index contributed by atoms with van der Waals surface area (Å²) in [5.74, 6) is 0.801. The smallest absolute Gasteiger partial charge is 0.293 e. The summed E-state index contributed by atoms with van der Waals surface area (Å²) in [4.78, 5) is 29.1. The average Bonchev–Trinajstić information content (AvgIpc) is 3.61. The van der Waals surface area contributed by atoms with Crippen molar-refractivity contribution in [2.24, 2.45) is 0 Å². The Labute approximate surface area is 380 Å². The lowest BCUT2D eigenvalue weighted by Crippen LogP contribution is -2.47. The number of nitrogens with zero attached hydrogens (tertiary/aromatic N) is 6. The molecule has 3 aliphatic rings. The van der Waals surface area contributed by atoms with Crippen LogP contribution in [0.25, 0.3) is 16.5 Å². The number of thioether (sulfide) groups is 1. The van der Waals surface area contributed by atoms with E-state index in [1.165, 1.54) is 60.9 Å². The Bertz CT molecular complexity index is 2510. The summed E-state index contributed by atoms with van der Waals surface area (Å²) in [6.45, 7) is 10.0. The summed E-state index contributed by atoms with van der Waals surface area (Å²) >= 11 is 7.88. The summed E-state index contributed by atoms with van der Waals surface area (Å²) < 4.78 is 30.4. The van der Waals surface area contributed by atoms with Crippen molar-refractivity contribution in [1.29, 1.82) is 0 Å². The Kier molecular flexibility index (Phi) is 14.5. The maximum Gasteiger partial charge on any atom is 0.293 e. The normalized spacial score (nSPS) is 19.4. The lowest BCUT2D eigenvalue weighted by atomic mass is 9.87. The number of likely N-dealkylation sites (tertiary alicyclic amines) is 1. The molecule has 3 atom stereocenters. The summed E-state index contributed by atoms with van der Waals surface area (Å²) in [5, 5.41) is 17.2. The number of fused-ring (bicyclic) bond motifs is 1. The molecule has 1 aromatic heterocycles. The number of anilines is 3. The van der Waals surface area contributed by atoms with E-state index in [2.05, 4.69) is 72.8 Å². The van der Waals surface area contributed by atoms with E-state index in [0.29, 0.717) is 28.7 Å². The van der Waals surface area contributed by atoms with Gasteiger partial charge in [0.25, 0.3) is 15.7 Å². The summed E-state index contributed by atoms with van der Waals surface area (Å²) in [6, 6.07) is 29.2. The Hall–Kier alpha value is -4.73. The Morgan fingerprint density at radius 3 is 2.40 bits per heavy atom. The quantitative estimate of drug-likeness (QED) is 0.0524. The van der Waals surface area contributed by atoms with Crippen LogP contribution in [0.3, 0.4) is 0 Å². The van der Waals surface area contributed by atoms with Crippen molar-refractivity contribution in [2.75, 3.05) is 60.0 Å². The highest BCUT2D eigenvalue weighted by Gasteiger charge is 2.28. The molecule has 3 heterocycles. The molecule has 0 radical (unpaired) electrons. The van der Waals surface area contributed by atoms with Crippen molar-refractivity contribution in [3.05, 3.63) is 124 Å². The lowest BCUT2D eigenvalue weighted by molar-refractivity contribution is -0.384. The van der Waals surface area contributed by atoms with Crippen molar-refractivity contribution in [3.63, 3.8) is 0 Å². The molecule has 0 saturated carbocycles. The molecule has 2 aliphatic heterocycles. The molecule has 0 amide bonds. The van der Waals surface area contributed by atoms with Gasteiger partial charge in [0.2, 0.25) is 0 Å². The molecule has 63 heavy (non-hydrogen) atoms. The van der Waals surface area contributed by atoms with Gasteiger partial charge in [-0.1, -0.05) is 47.5 Å². The number of aromatic nitrogens is 2. The second-order valence-electron chi connectivity index (χ2n) is 17.1. The number of benzene rings is 4. The minimum Gasteiger partial charge on any atom is -0.376 e. The highest BCUT2D eigenvalue weighted by Crippen LogP contribution is 2.35. The van der Waals surface area contributed by atoms with Crippen molar-refractivity contribution in [2.45, 2.75) is 93.1 Å². The fourth-order valence-corrected chi connectivity index (χ4v) is 11.5. The molecule has 332 valence electrons. The van der Waals surface area contributed by atoms with Gasteiger partial charge in [-0.25, -0.2) is 18.4 Å². The molecule has 2 fully saturated rings. The number of nitro benzene ring substituents is 1. The molecular weight excluding hydrogens is 852 g/mol. The zero-order valence-corrected chi connectivity index (χ0v) is 38.5. The molecule has 1 aliphatic carbocycles. The number of nitro groups is 1. The third-order valence-electron chi connectivity index (χ3n) is 12.9. The molecule has 3 unspecified atom stereocenters. The number of halogens is 1. The first-order chi connectivity index (χ1) is 30.5. The summed E-state index contributed by atoms with van der Waals surface area (Å²) in [7, 11) is -4.27. The molecule has 15 heteroatoms. The van der Waals surface area contributed by atoms with Crippen LogP contribution in [-0.2, 0) is 10.0 Å². The van der Waals surface area contributed by atoms with E-state index < -0.39 is 14.9 Å². The van der Waals surface area contributed by atoms with Gasteiger partial charge < -0.3 is 10.2 Å². The van der Waals surface area contributed by atoms with Crippen LogP contribution in [0, 0.1) is 10.1 Å². The van der Waals surface area contributed by atoms with Gasteiger partial charge in [0, 0.05) is 83.7 Å². The maximum atomic E-state index is 13.9. The van der Waals surface area contributed by atoms with E-state index in [-0.39, 0.29) is 28.1 Å². The number of hydrogen-bond acceptors (Lipinski definition) is 11. The van der Waals surface area contributed by atoms with E-state index in [9.17, 15) is 18.5 Å². The van der Waals surface area contributed by atoms with Crippen LogP contribution in [0.5, 0.6) is 0 Å². The van der Waals surface area contributed by atoms with Crippen LogP contribution in [-0.4, -0.2) is 96.3 Å². The minimum atomic E-state index is -4.27. The van der Waals surface area contributed by atoms with Crippen molar-refractivity contribution in [3.8, 4) is 0 Å². The highest BCUT2D eigenvalue weighted by atomic mass is 35.5. The second-order valence-corrected chi connectivity index (χ2v) is 20.4. The highest BCUT2D eigenvalue weighted by molar-refractivity contribution is 7.99. The van der Waals surface area contributed by atoms with E-state index in [1.807, 2.05) is 48.5 Å². The molecule has 4 aromatic carbocycles. The molecule has 5 aromatic rings. The predicted octanol–water partition coefficient (Wildman–Crippen LogP) is 10.4. The molecule has 0 spiro atoms. The molecule has 12 nitrogen and oxygen atoms in total. The standard InChI is InChI=1S/C48H57ClN8O4S2/c1-34-14-15-35(2)56(34)24-8-10-39(32-62-41-11-4-3-5-12-41)52-45-23-21-42(30-47(45)57(58)59)63(60,61)53-48-44-22-20-40(29-46(44)50-33-51-48)55-27-25-54(26-28-55)31-37-9-6-7-13-43(37)36-16-18-38(49)19-17-36/h3-5,11-12,16-23,29-30,33-35,39,52H,6-10,13-15,24-28,31-32H2,1-2H3,(H,50,51,53). The fourth-order valence-electron chi connectivity index (χ4n) is 9.38. The van der Waals surface area contributed by atoms with Gasteiger partial charge >= 0.3 is 0 Å². The van der Waals surface area contributed by atoms with Gasteiger partial charge in [-0.15, -0.1) is 11.8 Å². The van der Waals surface area contributed by atoms with Crippen LogP contribution >= 0.6 is 23.4 Å². The van der Waals surface area contributed by atoms with Gasteiger partial charge in [-0.05, 0) is 137 Å². The third-order valence-corrected chi connectivity index (χ3v) is 15.7. The van der Waals surface area contributed by atoms with Gasteiger partial charge in [-0.3, -0.25) is 24.6 Å². The Morgan fingerprint density at radius 2 is 1.65 bits per heavy atom. The van der Waals surface area contributed by atoms with E-state index >= 15 is 0 Å². The Balaban J connectivity index is 0.930. The molecule has 2 saturated heterocycles. The molecule has 2 N–H and O–H groups in total. The van der Waals surface area contributed by atoms with Gasteiger partial charge in [0.1, 0.15) is 12.0 Å². The number of sulfonamides is 1. The number of piperazine rings is 1. The first-order valence-corrected chi connectivity index (χ1v) is 25.1. The maximum absolute atomic E-state index is 13.9. The predicted molar refractivity (Wildman–Crippen MR) is 258 cm³/mol. The number of allylic oxidation sites excluding steroid dienone is 1. The SMILES string of the molecule is CC1CCC(C)N1CCCC(CSc1ccccc1)Nc1ccc(S(=O)(=O)Nc2ncnc3cc(N4CCN(CC5=C(c6ccc(Cl)cc6)CCCC5)CC4)ccc23)cc1[N+](=O)[O-]. The summed E-state index contributed by atoms with van der Waals surface area (Å²) in [6.07, 6.45) is 10.1. The summed E-state index contributed by atoms with van der Waals surface area (Å²) in [5.41, 5.74) is 5.87. The Morgan fingerprint density at radius 1 is 0.905 bits per heavy atom. The van der Waals surface area contributed by atoms with Crippen LogP contribution in [0.1, 0.15) is 70.8 Å². The average molecular weight is 910 g/mol. The first-order valence-electron chi connectivity index (χ1n) is 22.2. The van der Waals surface area contributed by atoms with Crippen molar-refractivity contribution >= 4 is 72.7 Å². The first kappa shape index (κ1) is 44.9. The van der Waals surface area contributed by atoms with Crippen LogP contribution in [0.2, 0.25) is 5.02 Å². The lowest BCUT2D eigenvalue weighted by Gasteiger charge is -2.37. The zero-order valence-electron chi connectivity index (χ0n) is 36.1. The number of rotatable bonds is 17. The molecule has 0 bridgehead atoms. The fraction of sp³-hybridized carbons (Fsp3) is 0.417. The number of hydrogen-bond donors (Lipinski definition) is 2. The van der Waals surface area contributed by atoms with Crippen LogP contribution < -0.4 is 14.9 Å². The van der Waals surface area contributed by atoms with Crippen molar-refractivity contribution < 1.29 is 13.3 Å². The number of nitrogens with one attached hydrogen (secondary N) is 2. The molecular formula is C48H57ClN8O4S2. The van der Waals surface area contributed by atoms with Gasteiger partial charge in [0.05, 0.1) is 15.3 Å². The second kappa shape index (κ2) is 20.4. The third kappa shape index (κ3) is 11.1. The van der Waals surface area contributed by atoms with Gasteiger partial charge in [0.15, 0.2) is 5.82 Å². The van der Waals surface area contributed by atoms with Crippen LogP contribution in [0.4, 0.5) is 22.9 Å². The monoisotopic (exact) mass is 908 g/mol. The molecule has 8 rings (SSSR count). The van der Waals surface area contributed by atoms with Crippen LogP contribution in [0.15, 0.2) is 113 Å². The van der Waals surface area contributed by atoms with E-state index in [1.54, 1.807) is 11.8 Å². The van der Waals surface area contributed by atoms with E-state index in [4.69, 9.17) is 11.6 Å². The largest absolute Gasteiger partial charge is 0.376 e. The van der Waals surface area contributed by atoms with Crippen molar-refractivity contribution in [1.82, 2.24) is 19.8 Å².